The van der Waals surface area contributed by atoms with Crippen molar-refractivity contribution in [2.75, 3.05) is 7.05 Å². The van der Waals surface area contributed by atoms with Crippen LogP contribution in [0.25, 0.3) is 0 Å². The molecule has 0 amide bonds. The van der Waals surface area contributed by atoms with Crippen LogP contribution in [0.3, 0.4) is 0 Å². The summed E-state index contributed by atoms with van der Waals surface area (Å²) in [6, 6.07) is 1.86. The Morgan fingerprint density at radius 2 is 1.64 bits per heavy atom. The van der Waals surface area contributed by atoms with E-state index in [4.69, 9.17) is 0 Å². The molecule has 1 aliphatic heterocycles. The highest BCUT2D eigenvalue weighted by Gasteiger charge is 2.56. The van der Waals surface area contributed by atoms with E-state index in [2.05, 4.69) is 32.7 Å². The van der Waals surface area contributed by atoms with Crippen LogP contribution in [-0.2, 0) is 0 Å². The molecule has 0 spiro atoms. The van der Waals surface area contributed by atoms with E-state index in [1.807, 2.05) is 0 Å². The van der Waals surface area contributed by atoms with Crippen LogP contribution in [-0.4, -0.2) is 24.0 Å². The number of nitrogens with zero attached hydrogens (tertiary/aromatic N) is 1. The van der Waals surface area contributed by atoms with Crippen LogP contribution < -0.4 is 0 Å². The molecule has 0 N–H and O–H groups in total. The lowest BCUT2D eigenvalue weighted by Crippen LogP contribution is -2.49. The summed E-state index contributed by atoms with van der Waals surface area (Å²) in [5, 5.41) is 0. The quantitative estimate of drug-likeness (QED) is 0.574. The van der Waals surface area contributed by atoms with Gasteiger partial charge in [0.15, 0.2) is 0 Å². The lowest BCUT2D eigenvalue weighted by Gasteiger charge is -2.48. The van der Waals surface area contributed by atoms with Crippen LogP contribution in [0.2, 0.25) is 0 Å². The van der Waals surface area contributed by atoms with Crippen LogP contribution in [0.1, 0.15) is 91.4 Å². The average molecular weight is 346 g/mol. The monoisotopic (exact) mass is 345 g/mol. The van der Waals surface area contributed by atoms with Crippen molar-refractivity contribution in [2.45, 2.75) is 103 Å². The first-order valence-corrected chi connectivity index (χ1v) is 11.8. The van der Waals surface area contributed by atoms with E-state index in [0.29, 0.717) is 0 Å². The van der Waals surface area contributed by atoms with Crippen LogP contribution in [0.15, 0.2) is 0 Å². The molecule has 3 saturated carbocycles. The van der Waals surface area contributed by atoms with Gasteiger partial charge in [-0.3, -0.25) is 4.90 Å². The third-order valence-electron chi connectivity index (χ3n) is 9.36. The summed E-state index contributed by atoms with van der Waals surface area (Å²) in [7, 11) is 2.53. The molecule has 1 saturated heterocycles. The maximum Gasteiger partial charge on any atom is 0.0160 e. The van der Waals surface area contributed by atoms with E-state index in [-0.39, 0.29) is 0 Å². The normalized spacial score (nSPS) is 49.0. The largest absolute Gasteiger partial charge is 0.300 e. The van der Waals surface area contributed by atoms with Gasteiger partial charge in [0, 0.05) is 12.1 Å². The SMILES string of the molecule is CCCC(C)C1CCCC(C)C2C1CCC1C3CCCCC3N(C)C12. The first kappa shape index (κ1) is 18.3. The summed E-state index contributed by atoms with van der Waals surface area (Å²) in [6.07, 6.45) is 16.5. The van der Waals surface area contributed by atoms with Gasteiger partial charge in [-0.1, -0.05) is 59.3 Å². The van der Waals surface area contributed by atoms with Crippen LogP contribution in [0.4, 0.5) is 0 Å². The number of fused-ring (bicyclic) bond motifs is 5. The second kappa shape index (κ2) is 7.53. The lowest BCUT2D eigenvalue weighted by molar-refractivity contribution is 0.00725. The minimum Gasteiger partial charge on any atom is -0.300 e. The molecular formula is C24H43N. The topological polar surface area (TPSA) is 3.24 Å². The molecule has 25 heavy (non-hydrogen) atoms. The van der Waals surface area contributed by atoms with Crippen LogP contribution in [0.5, 0.6) is 0 Å². The summed E-state index contributed by atoms with van der Waals surface area (Å²) in [5.74, 6) is 7.05. The van der Waals surface area contributed by atoms with Gasteiger partial charge in [0.2, 0.25) is 0 Å². The minimum atomic E-state index is 0.927. The van der Waals surface area contributed by atoms with Crippen LogP contribution >= 0.6 is 0 Å². The zero-order valence-corrected chi connectivity index (χ0v) is 17.4. The maximum absolute atomic E-state index is 2.94. The Kier molecular flexibility index (Phi) is 5.52. The third-order valence-corrected chi connectivity index (χ3v) is 9.36. The summed E-state index contributed by atoms with van der Waals surface area (Å²) in [5.41, 5.74) is 0. The number of hydrogen-bond donors (Lipinski definition) is 0. The van der Waals surface area contributed by atoms with Crippen molar-refractivity contribution >= 4 is 0 Å². The minimum absolute atomic E-state index is 0.927. The Morgan fingerprint density at radius 3 is 2.44 bits per heavy atom. The molecule has 9 unspecified atom stereocenters. The fourth-order valence-electron chi connectivity index (χ4n) is 8.41. The predicted molar refractivity (Wildman–Crippen MR) is 108 cm³/mol. The molecule has 0 aromatic carbocycles. The van der Waals surface area contributed by atoms with E-state index in [1.165, 1.54) is 57.8 Å². The van der Waals surface area contributed by atoms with Crippen molar-refractivity contribution in [1.82, 2.24) is 4.90 Å². The molecular weight excluding hydrogens is 302 g/mol. The van der Waals surface area contributed by atoms with Crippen molar-refractivity contribution < 1.29 is 0 Å². The molecule has 0 aromatic rings. The summed E-state index contributed by atoms with van der Waals surface area (Å²) in [6.45, 7) is 7.60. The second-order valence-electron chi connectivity index (χ2n) is 10.5. The molecule has 4 rings (SSSR count). The fourth-order valence-corrected chi connectivity index (χ4v) is 8.41. The Balaban J connectivity index is 1.62. The average Bonchev–Trinajstić information content (AvgIpc) is 2.79. The molecule has 0 radical (unpaired) electrons. The molecule has 1 heterocycles. The predicted octanol–water partition coefficient (Wildman–Crippen LogP) is 6.37. The number of likely N-dealkylation sites (tertiary alicyclic amines) is 1. The van der Waals surface area contributed by atoms with Gasteiger partial charge in [-0.25, -0.2) is 0 Å². The molecule has 3 aliphatic carbocycles. The zero-order valence-electron chi connectivity index (χ0n) is 17.4. The lowest BCUT2D eigenvalue weighted by atomic mass is 9.59. The highest BCUT2D eigenvalue weighted by atomic mass is 15.2. The Labute approximate surface area is 157 Å². The van der Waals surface area contributed by atoms with E-state index >= 15 is 0 Å². The van der Waals surface area contributed by atoms with Gasteiger partial charge in [0.1, 0.15) is 0 Å². The molecule has 144 valence electrons. The first-order valence-electron chi connectivity index (χ1n) is 11.8. The van der Waals surface area contributed by atoms with Crippen LogP contribution in [0, 0.1) is 41.4 Å². The molecule has 1 nitrogen and oxygen atoms in total. The third kappa shape index (κ3) is 3.11. The molecule has 4 aliphatic rings. The standard InChI is InChI=1S/C24H43N/c1-5-9-16(2)18-12-8-10-17(3)23-20(18)14-15-21-19-11-6-7-13-22(19)25(4)24(21)23/h16-24H,5-15H2,1-4H3. The molecule has 1 heteroatoms. The van der Waals surface area contributed by atoms with E-state index in [9.17, 15) is 0 Å². The molecule has 4 fully saturated rings. The number of hydrogen-bond acceptors (Lipinski definition) is 1. The van der Waals surface area contributed by atoms with Gasteiger partial charge >= 0.3 is 0 Å². The highest BCUT2D eigenvalue weighted by Crippen LogP contribution is 2.57. The van der Waals surface area contributed by atoms with Crippen molar-refractivity contribution in [3.05, 3.63) is 0 Å². The van der Waals surface area contributed by atoms with Gasteiger partial charge in [0.05, 0.1) is 0 Å². The van der Waals surface area contributed by atoms with E-state index < -0.39 is 0 Å². The number of rotatable bonds is 3. The molecule has 0 bridgehead atoms. The van der Waals surface area contributed by atoms with Gasteiger partial charge in [-0.15, -0.1) is 0 Å². The molecule has 0 aromatic heterocycles. The Bertz CT molecular complexity index is 445. The van der Waals surface area contributed by atoms with Crippen molar-refractivity contribution in [2.24, 2.45) is 41.4 Å². The zero-order chi connectivity index (χ0) is 17.6. The smallest absolute Gasteiger partial charge is 0.0160 e. The van der Waals surface area contributed by atoms with Crippen molar-refractivity contribution in [3.63, 3.8) is 0 Å². The first-order chi connectivity index (χ1) is 12.1. The fraction of sp³-hybridized carbons (Fsp3) is 1.00. The second-order valence-corrected chi connectivity index (χ2v) is 10.5. The van der Waals surface area contributed by atoms with E-state index in [1.54, 1.807) is 12.8 Å². The molecule has 9 atom stereocenters. The van der Waals surface area contributed by atoms with Gasteiger partial charge in [0.25, 0.3) is 0 Å². The summed E-state index contributed by atoms with van der Waals surface area (Å²) >= 11 is 0. The van der Waals surface area contributed by atoms with E-state index in [0.717, 1.165) is 53.5 Å². The Hall–Kier alpha value is -0.0400. The summed E-state index contributed by atoms with van der Waals surface area (Å²) < 4.78 is 0. The van der Waals surface area contributed by atoms with Crippen molar-refractivity contribution in [1.29, 1.82) is 0 Å². The van der Waals surface area contributed by atoms with Gasteiger partial charge in [-0.05, 0) is 80.6 Å². The van der Waals surface area contributed by atoms with Gasteiger partial charge < -0.3 is 0 Å². The maximum atomic E-state index is 2.94. The van der Waals surface area contributed by atoms with Crippen molar-refractivity contribution in [3.8, 4) is 0 Å². The van der Waals surface area contributed by atoms with Gasteiger partial charge in [-0.2, -0.15) is 0 Å². The Morgan fingerprint density at radius 1 is 0.880 bits per heavy atom. The summed E-state index contributed by atoms with van der Waals surface area (Å²) in [4.78, 5) is 2.94. The highest BCUT2D eigenvalue weighted by molar-refractivity contribution is 5.08.